The van der Waals surface area contributed by atoms with Crippen molar-refractivity contribution in [3.8, 4) is 0 Å². The van der Waals surface area contributed by atoms with Gasteiger partial charge in [0.1, 0.15) is 0 Å². The summed E-state index contributed by atoms with van der Waals surface area (Å²) < 4.78 is 29.1. The molecule has 0 amide bonds. The zero-order chi connectivity index (χ0) is 23.3. The third-order valence-corrected chi connectivity index (χ3v) is 8.54. The Hall–Kier alpha value is -2.47. The maximum Gasteiger partial charge on any atom is 0.261 e. The number of sulfonamides is 1. The maximum absolute atomic E-state index is 13.2. The topological polar surface area (TPSA) is 58.2 Å². The van der Waals surface area contributed by atoms with E-state index in [0.29, 0.717) is 15.7 Å². The lowest BCUT2D eigenvalue weighted by Crippen LogP contribution is -2.29. The molecule has 3 atom stereocenters. The second kappa shape index (κ2) is 8.39. The molecule has 4 nitrogen and oxygen atoms in total. The molecule has 33 heavy (non-hydrogen) atoms. The molecule has 0 aromatic heterocycles. The van der Waals surface area contributed by atoms with E-state index in [4.69, 9.17) is 23.2 Å². The molecule has 1 aliphatic carbocycles. The highest BCUT2D eigenvalue weighted by atomic mass is 35.5. The summed E-state index contributed by atoms with van der Waals surface area (Å²) in [5, 5.41) is 4.68. The lowest BCUT2D eigenvalue weighted by molar-refractivity contribution is 0.425. The molecule has 0 saturated carbocycles. The van der Waals surface area contributed by atoms with E-state index in [1.165, 1.54) is 0 Å². The van der Waals surface area contributed by atoms with Crippen LogP contribution in [0.4, 0.5) is 11.4 Å². The molecule has 2 N–H and O–H groups in total. The van der Waals surface area contributed by atoms with Gasteiger partial charge in [-0.3, -0.25) is 4.72 Å². The van der Waals surface area contributed by atoms with Crippen molar-refractivity contribution in [1.82, 2.24) is 0 Å². The highest BCUT2D eigenvalue weighted by Gasteiger charge is 2.38. The SMILES string of the molecule is Cc1cc(C)cc(NS(=O)(=O)c2ccc3c(c2)[C@H]2C=CC[C@H]2[C@@H](c2ccc(Cl)c(Cl)c2)N3)c1. The summed E-state index contributed by atoms with van der Waals surface area (Å²) in [7, 11) is -3.72. The normalized spacial score (nSPS) is 21.3. The quantitative estimate of drug-likeness (QED) is 0.372. The molecule has 170 valence electrons. The van der Waals surface area contributed by atoms with Gasteiger partial charge in [0.15, 0.2) is 0 Å². The summed E-state index contributed by atoms with van der Waals surface area (Å²) in [6.07, 6.45) is 5.26. The lowest BCUT2D eigenvalue weighted by atomic mass is 9.77. The molecule has 1 aliphatic heterocycles. The van der Waals surface area contributed by atoms with Crippen LogP contribution in [0.25, 0.3) is 0 Å². The molecule has 0 bridgehead atoms. The van der Waals surface area contributed by atoms with Crippen molar-refractivity contribution in [2.45, 2.75) is 37.1 Å². The lowest BCUT2D eigenvalue weighted by Gasteiger charge is -2.37. The van der Waals surface area contributed by atoms with Crippen LogP contribution in [0.3, 0.4) is 0 Å². The maximum atomic E-state index is 13.2. The molecule has 0 spiro atoms. The van der Waals surface area contributed by atoms with E-state index in [0.717, 1.165) is 34.4 Å². The van der Waals surface area contributed by atoms with Crippen LogP contribution in [0.15, 0.2) is 71.6 Å². The Morgan fingerprint density at radius 3 is 2.42 bits per heavy atom. The Bertz CT molecular complexity index is 1360. The van der Waals surface area contributed by atoms with Crippen LogP contribution in [-0.4, -0.2) is 8.42 Å². The number of hydrogen-bond acceptors (Lipinski definition) is 3. The molecule has 2 aliphatic rings. The minimum Gasteiger partial charge on any atom is -0.378 e. The zero-order valence-corrected chi connectivity index (χ0v) is 20.6. The average Bonchev–Trinajstić information content (AvgIpc) is 3.24. The van der Waals surface area contributed by atoms with Crippen molar-refractivity contribution < 1.29 is 8.42 Å². The van der Waals surface area contributed by atoms with Gasteiger partial charge in [-0.15, -0.1) is 0 Å². The van der Waals surface area contributed by atoms with Crippen LogP contribution in [0.1, 0.15) is 40.6 Å². The van der Waals surface area contributed by atoms with Gasteiger partial charge in [0.05, 0.1) is 21.0 Å². The molecule has 0 unspecified atom stereocenters. The van der Waals surface area contributed by atoms with Gasteiger partial charge in [-0.1, -0.05) is 47.5 Å². The predicted molar refractivity (Wildman–Crippen MR) is 136 cm³/mol. The van der Waals surface area contributed by atoms with Gasteiger partial charge in [0.25, 0.3) is 10.0 Å². The van der Waals surface area contributed by atoms with Crippen LogP contribution >= 0.6 is 23.2 Å². The number of aryl methyl sites for hydroxylation is 2. The highest BCUT2D eigenvalue weighted by molar-refractivity contribution is 7.92. The number of anilines is 2. The number of allylic oxidation sites excluding steroid dienone is 2. The van der Waals surface area contributed by atoms with E-state index in [1.54, 1.807) is 12.1 Å². The van der Waals surface area contributed by atoms with Gasteiger partial charge < -0.3 is 5.32 Å². The fraction of sp³-hybridized carbons (Fsp3) is 0.231. The standard InChI is InChI=1S/C26H24Cl2N2O2S/c1-15-10-16(2)12-18(11-15)30-33(31,32)19-7-9-25-22(14-19)20-4-3-5-21(20)26(29-25)17-6-8-23(27)24(28)13-17/h3-4,6-14,20-21,26,29-30H,5H2,1-2H3/t20-,21+,26+/m0/s1. The smallest absolute Gasteiger partial charge is 0.261 e. The predicted octanol–water partition coefficient (Wildman–Crippen LogP) is 7.24. The van der Waals surface area contributed by atoms with Crippen LogP contribution in [-0.2, 0) is 10.0 Å². The van der Waals surface area contributed by atoms with Crippen LogP contribution in [0, 0.1) is 19.8 Å². The largest absolute Gasteiger partial charge is 0.378 e. The summed E-state index contributed by atoms with van der Waals surface area (Å²) in [6, 6.07) is 16.8. The van der Waals surface area contributed by atoms with Crippen molar-refractivity contribution in [2.75, 3.05) is 10.0 Å². The molecular weight excluding hydrogens is 475 g/mol. The Morgan fingerprint density at radius 2 is 1.70 bits per heavy atom. The number of hydrogen-bond donors (Lipinski definition) is 2. The van der Waals surface area contributed by atoms with Crippen LogP contribution in [0.5, 0.6) is 0 Å². The Morgan fingerprint density at radius 1 is 0.939 bits per heavy atom. The molecule has 3 aromatic rings. The van der Waals surface area contributed by atoms with Gasteiger partial charge in [-0.05, 0) is 90.9 Å². The first-order valence-electron chi connectivity index (χ1n) is 10.8. The Labute approximate surface area is 204 Å². The summed E-state index contributed by atoms with van der Waals surface area (Å²) >= 11 is 12.4. The van der Waals surface area contributed by atoms with E-state index in [1.807, 2.05) is 56.3 Å². The molecule has 5 rings (SSSR count). The van der Waals surface area contributed by atoms with Gasteiger partial charge in [-0.25, -0.2) is 8.42 Å². The number of rotatable bonds is 4. The fourth-order valence-corrected chi connectivity index (χ4v) is 6.41. The van der Waals surface area contributed by atoms with Crippen molar-refractivity contribution in [2.24, 2.45) is 5.92 Å². The molecule has 3 aromatic carbocycles. The summed E-state index contributed by atoms with van der Waals surface area (Å²) in [6.45, 7) is 3.90. The minimum atomic E-state index is -3.72. The van der Waals surface area contributed by atoms with E-state index in [-0.39, 0.29) is 22.8 Å². The van der Waals surface area contributed by atoms with Crippen LogP contribution < -0.4 is 10.0 Å². The Balaban J connectivity index is 1.49. The van der Waals surface area contributed by atoms with Gasteiger partial charge in [0.2, 0.25) is 0 Å². The molecular formula is C26H24Cl2N2O2S. The van der Waals surface area contributed by atoms with Crippen molar-refractivity contribution in [3.05, 3.63) is 99.0 Å². The summed E-state index contributed by atoms with van der Waals surface area (Å²) in [5.74, 6) is 0.386. The van der Waals surface area contributed by atoms with E-state index < -0.39 is 10.0 Å². The summed E-state index contributed by atoms with van der Waals surface area (Å²) in [4.78, 5) is 0.259. The van der Waals surface area contributed by atoms with E-state index >= 15 is 0 Å². The minimum absolute atomic E-state index is 0.0584. The number of benzene rings is 3. The van der Waals surface area contributed by atoms with E-state index in [2.05, 4.69) is 22.2 Å². The second-order valence-corrected chi connectivity index (χ2v) is 11.4. The highest BCUT2D eigenvalue weighted by Crippen LogP contribution is 2.50. The van der Waals surface area contributed by atoms with Crippen molar-refractivity contribution in [1.29, 1.82) is 0 Å². The molecule has 1 heterocycles. The van der Waals surface area contributed by atoms with E-state index in [9.17, 15) is 8.42 Å². The first-order chi connectivity index (χ1) is 15.7. The van der Waals surface area contributed by atoms with Gasteiger partial charge in [-0.2, -0.15) is 0 Å². The van der Waals surface area contributed by atoms with Crippen LogP contribution in [0.2, 0.25) is 10.0 Å². The fourth-order valence-electron chi connectivity index (χ4n) is 5.02. The molecule has 7 heteroatoms. The summed E-state index contributed by atoms with van der Waals surface area (Å²) in [5.41, 5.74) is 5.59. The first-order valence-corrected chi connectivity index (χ1v) is 13.1. The number of fused-ring (bicyclic) bond motifs is 3. The third-order valence-electron chi connectivity index (χ3n) is 6.42. The average molecular weight is 499 g/mol. The Kier molecular flexibility index (Phi) is 5.68. The zero-order valence-electron chi connectivity index (χ0n) is 18.3. The second-order valence-electron chi connectivity index (χ2n) is 8.88. The molecule has 0 fully saturated rings. The molecule has 0 saturated heterocycles. The van der Waals surface area contributed by atoms with Gasteiger partial charge in [0, 0.05) is 17.3 Å². The van der Waals surface area contributed by atoms with Crippen molar-refractivity contribution >= 4 is 44.6 Å². The first kappa shape index (κ1) is 22.3. The third kappa shape index (κ3) is 4.25. The van der Waals surface area contributed by atoms with Gasteiger partial charge >= 0.3 is 0 Å². The number of nitrogens with one attached hydrogen (secondary N) is 2. The molecule has 0 radical (unpaired) electrons. The number of halogens is 2. The van der Waals surface area contributed by atoms with Crippen molar-refractivity contribution in [3.63, 3.8) is 0 Å². The monoisotopic (exact) mass is 498 g/mol.